The highest BCUT2D eigenvalue weighted by molar-refractivity contribution is 5.85. The minimum atomic E-state index is -0.782. The van der Waals surface area contributed by atoms with E-state index in [9.17, 15) is 9.59 Å². The van der Waals surface area contributed by atoms with Gasteiger partial charge in [0.05, 0.1) is 0 Å². The third kappa shape index (κ3) is 6.59. The predicted molar refractivity (Wildman–Crippen MR) is 129 cm³/mol. The van der Waals surface area contributed by atoms with E-state index in [1.807, 2.05) is 72.8 Å². The van der Waals surface area contributed by atoms with Gasteiger partial charge >= 0.3 is 0 Å². The minimum absolute atomic E-state index is 0.240. The third-order valence-corrected chi connectivity index (χ3v) is 5.39. The normalized spacial score (nSPS) is 12.3. The number of ether oxygens (including phenoxy) is 2. The fourth-order valence-electron chi connectivity index (χ4n) is 3.32. The molecule has 0 aromatic heterocycles. The number of hydrazine groups is 1. The number of hydrogen-bond donors (Lipinski definition) is 2. The first-order chi connectivity index (χ1) is 16.0. The lowest BCUT2D eigenvalue weighted by atomic mass is 9.98. The molecule has 0 aliphatic carbocycles. The molecular weight excluding hydrogens is 416 g/mol. The summed E-state index contributed by atoms with van der Waals surface area (Å²) in [5, 5.41) is 0. The number of carbonyl (C=O) groups excluding carboxylic acids is 2. The maximum Gasteiger partial charge on any atom is 0.279 e. The summed E-state index contributed by atoms with van der Waals surface area (Å²) in [4.78, 5) is 24.7. The molecule has 0 aliphatic rings. The van der Waals surface area contributed by atoms with E-state index in [1.54, 1.807) is 13.0 Å². The summed E-state index contributed by atoms with van der Waals surface area (Å²) in [6, 6.07) is 24.9. The first-order valence-corrected chi connectivity index (χ1v) is 11.1. The zero-order chi connectivity index (χ0) is 23.6. The second-order valence-corrected chi connectivity index (χ2v) is 7.80. The Kier molecular flexibility index (Phi) is 8.47. The Hall–Kier alpha value is -3.80. The molecule has 3 rings (SSSR count). The summed E-state index contributed by atoms with van der Waals surface area (Å²) in [6.45, 7) is 5.62. The van der Waals surface area contributed by atoms with Crippen LogP contribution in [-0.4, -0.2) is 24.5 Å². The quantitative estimate of drug-likeness (QED) is 0.460. The van der Waals surface area contributed by atoms with Crippen LogP contribution in [0, 0.1) is 0 Å². The molecule has 0 saturated heterocycles. The lowest BCUT2D eigenvalue weighted by Gasteiger charge is -2.19. The molecule has 0 heterocycles. The minimum Gasteiger partial charge on any atom is -0.483 e. The molecule has 0 aliphatic heterocycles. The Morgan fingerprint density at radius 3 is 2.18 bits per heavy atom. The fraction of sp³-hybridized carbons (Fsp3) is 0.259. The summed E-state index contributed by atoms with van der Waals surface area (Å²) in [7, 11) is 0. The molecule has 6 nitrogen and oxygen atoms in total. The Labute approximate surface area is 194 Å². The van der Waals surface area contributed by atoms with Crippen molar-refractivity contribution in [2.24, 2.45) is 0 Å². The molecule has 2 atom stereocenters. The van der Waals surface area contributed by atoms with Gasteiger partial charge in [0.2, 0.25) is 0 Å². The molecule has 33 heavy (non-hydrogen) atoms. The SMILES string of the molecule is CCC(C)c1ccccc1OC(C)C(=O)NNC(=O)COc1ccccc1-c1ccccc1. The highest BCUT2D eigenvalue weighted by Crippen LogP contribution is 2.30. The van der Waals surface area contributed by atoms with Gasteiger partial charge in [0.1, 0.15) is 11.5 Å². The van der Waals surface area contributed by atoms with Gasteiger partial charge in [0, 0.05) is 5.56 Å². The van der Waals surface area contributed by atoms with E-state index >= 15 is 0 Å². The molecule has 0 saturated carbocycles. The summed E-state index contributed by atoms with van der Waals surface area (Å²) >= 11 is 0. The summed E-state index contributed by atoms with van der Waals surface area (Å²) in [6.07, 6.45) is 0.181. The molecule has 0 bridgehead atoms. The Bertz CT molecular complexity index is 1070. The van der Waals surface area contributed by atoms with E-state index in [-0.39, 0.29) is 6.61 Å². The van der Waals surface area contributed by atoms with Gasteiger partial charge in [-0.1, -0.05) is 80.6 Å². The van der Waals surface area contributed by atoms with E-state index in [0.29, 0.717) is 17.4 Å². The second-order valence-electron chi connectivity index (χ2n) is 7.80. The average molecular weight is 447 g/mol. The highest BCUT2D eigenvalue weighted by atomic mass is 16.5. The van der Waals surface area contributed by atoms with E-state index in [2.05, 4.69) is 24.7 Å². The van der Waals surface area contributed by atoms with Gasteiger partial charge in [-0.3, -0.25) is 20.4 Å². The smallest absolute Gasteiger partial charge is 0.279 e. The molecule has 2 unspecified atom stereocenters. The summed E-state index contributed by atoms with van der Waals surface area (Å²) in [5.74, 6) is 0.641. The first kappa shape index (κ1) is 23.9. The van der Waals surface area contributed by atoms with Gasteiger partial charge in [-0.15, -0.1) is 0 Å². The van der Waals surface area contributed by atoms with Crippen molar-refractivity contribution in [3.8, 4) is 22.6 Å². The van der Waals surface area contributed by atoms with Crippen molar-refractivity contribution in [3.05, 3.63) is 84.4 Å². The number of carbonyl (C=O) groups is 2. The fourth-order valence-corrected chi connectivity index (χ4v) is 3.32. The molecule has 0 fully saturated rings. The Morgan fingerprint density at radius 1 is 0.818 bits per heavy atom. The molecule has 2 N–H and O–H groups in total. The van der Waals surface area contributed by atoms with Crippen molar-refractivity contribution >= 4 is 11.8 Å². The largest absolute Gasteiger partial charge is 0.483 e. The van der Waals surface area contributed by atoms with Gasteiger partial charge in [0.15, 0.2) is 12.7 Å². The lowest BCUT2D eigenvalue weighted by molar-refractivity contribution is -0.133. The average Bonchev–Trinajstić information content (AvgIpc) is 2.86. The van der Waals surface area contributed by atoms with Crippen LogP contribution in [0.25, 0.3) is 11.1 Å². The van der Waals surface area contributed by atoms with Crippen LogP contribution in [0.3, 0.4) is 0 Å². The highest BCUT2D eigenvalue weighted by Gasteiger charge is 2.18. The first-order valence-electron chi connectivity index (χ1n) is 11.1. The van der Waals surface area contributed by atoms with Gasteiger partial charge in [-0.05, 0) is 42.5 Å². The molecule has 0 radical (unpaired) electrons. The predicted octanol–water partition coefficient (Wildman–Crippen LogP) is 4.86. The standard InChI is InChI=1S/C27H30N2O4/c1-4-19(2)22-14-8-11-17-25(22)33-20(3)27(31)29-28-26(30)18-32-24-16-10-9-15-23(24)21-12-6-5-7-13-21/h5-17,19-20H,4,18H2,1-3H3,(H,28,30)(H,29,31). The van der Waals surface area contributed by atoms with Crippen LogP contribution in [0.2, 0.25) is 0 Å². The molecule has 0 spiro atoms. The van der Waals surface area contributed by atoms with Crippen LogP contribution in [-0.2, 0) is 9.59 Å². The van der Waals surface area contributed by atoms with Crippen molar-refractivity contribution < 1.29 is 19.1 Å². The number of amides is 2. The van der Waals surface area contributed by atoms with Crippen LogP contribution < -0.4 is 20.3 Å². The van der Waals surface area contributed by atoms with Crippen molar-refractivity contribution in [2.45, 2.75) is 39.2 Å². The van der Waals surface area contributed by atoms with Crippen LogP contribution in [0.5, 0.6) is 11.5 Å². The topological polar surface area (TPSA) is 76.7 Å². The van der Waals surface area contributed by atoms with Gasteiger partial charge in [0.25, 0.3) is 11.8 Å². The van der Waals surface area contributed by atoms with E-state index in [1.165, 1.54) is 0 Å². The maximum absolute atomic E-state index is 12.4. The zero-order valence-corrected chi connectivity index (χ0v) is 19.2. The third-order valence-electron chi connectivity index (χ3n) is 5.39. The van der Waals surface area contributed by atoms with Crippen molar-refractivity contribution in [2.75, 3.05) is 6.61 Å². The van der Waals surface area contributed by atoms with E-state index in [4.69, 9.17) is 9.47 Å². The van der Waals surface area contributed by atoms with E-state index < -0.39 is 17.9 Å². The molecule has 6 heteroatoms. The second kappa shape index (κ2) is 11.7. The van der Waals surface area contributed by atoms with Crippen LogP contribution in [0.15, 0.2) is 78.9 Å². The zero-order valence-electron chi connectivity index (χ0n) is 19.2. The lowest BCUT2D eigenvalue weighted by Crippen LogP contribution is -2.48. The van der Waals surface area contributed by atoms with Crippen LogP contribution >= 0.6 is 0 Å². The number of rotatable bonds is 9. The summed E-state index contributed by atoms with van der Waals surface area (Å²) in [5.41, 5.74) is 7.72. The van der Waals surface area contributed by atoms with Crippen molar-refractivity contribution in [1.29, 1.82) is 0 Å². The Morgan fingerprint density at radius 2 is 1.45 bits per heavy atom. The van der Waals surface area contributed by atoms with E-state index in [0.717, 1.165) is 23.1 Å². The number of benzene rings is 3. The van der Waals surface area contributed by atoms with Crippen LogP contribution in [0.4, 0.5) is 0 Å². The maximum atomic E-state index is 12.4. The molecule has 3 aromatic carbocycles. The van der Waals surface area contributed by atoms with Gasteiger partial charge in [-0.25, -0.2) is 0 Å². The monoisotopic (exact) mass is 446 g/mol. The van der Waals surface area contributed by atoms with Crippen molar-refractivity contribution in [3.63, 3.8) is 0 Å². The van der Waals surface area contributed by atoms with Crippen molar-refractivity contribution in [1.82, 2.24) is 10.9 Å². The summed E-state index contributed by atoms with van der Waals surface area (Å²) < 4.78 is 11.6. The molecule has 2 amide bonds. The van der Waals surface area contributed by atoms with Crippen LogP contribution in [0.1, 0.15) is 38.7 Å². The molecule has 172 valence electrons. The molecule has 3 aromatic rings. The number of hydrogen-bond acceptors (Lipinski definition) is 4. The Balaban J connectivity index is 1.51. The molecular formula is C27H30N2O4. The van der Waals surface area contributed by atoms with Gasteiger partial charge in [-0.2, -0.15) is 0 Å². The number of nitrogens with one attached hydrogen (secondary N) is 2. The number of para-hydroxylation sites is 2. The van der Waals surface area contributed by atoms with Gasteiger partial charge < -0.3 is 9.47 Å².